The molecule has 0 aromatic heterocycles. The van der Waals surface area contributed by atoms with Crippen LogP contribution >= 0.6 is 12.4 Å². The highest BCUT2D eigenvalue weighted by molar-refractivity contribution is 7.89. The Labute approximate surface area is 138 Å². The van der Waals surface area contributed by atoms with E-state index in [0.29, 0.717) is 18.7 Å². The van der Waals surface area contributed by atoms with Crippen LogP contribution < -0.4 is 15.8 Å². The fraction of sp³-hybridized carbons (Fsp3) is 0.417. The fourth-order valence-electron chi connectivity index (χ4n) is 1.46. The number of sulfonamides is 1. The molecular formula is C12H17ClF3N3O3S. The van der Waals surface area contributed by atoms with Crippen LogP contribution in [0.2, 0.25) is 0 Å². The zero-order chi connectivity index (χ0) is 16.8. The maximum Gasteiger partial charge on any atom is 0.402 e. The Balaban J connectivity index is 0.00000484. The summed E-state index contributed by atoms with van der Waals surface area (Å²) >= 11 is 0. The van der Waals surface area contributed by atoms with Gasteiger partial charge in [0.25, 0.3) is 0 Å². The number of benzene rings is 1. The molecule has 1 amide bonds. The Morgan fingerprint density at radius 2 is 1.74 bits per heavy atom. The summed E-state index contributed by atoms with van der Waals surface area (Å²) in [5.74, 6) is -0.281. The maximum atomic E-state index is 12.0. The molecule has 1 aromatic carbocycles. The molecule has 1 aromatic rings. The number of anilines is 1. The number of halogens is 4. The van der Waals surface area contributed by atoms with Crippen molar-refractivity contribution in [2.45, 2.75) is 23.9 Å². The molecule has 6 nitrogen and oxygen atoms in total. The SMILES string of the molecule is Cl.NCCCC(=O)Nc1ccc(S(=O)(=O)NCC(F)(F)F)cc1. The van der Waals surface area contributed by atoms with E-state index in [1.807, 2.05) is 0 Å². The van der Waals surface area contributed by atoms with Gasteiger partial charge in [-0.3, -0.25) is 4.79 Å². The van der Waals surface area contributed by atoms with Crippen molar-refractivity contribution < 1.29 is 26.4 Å². The molecule has 132 valence electrons. The largest absolute Gasteiger partial charge is 0.402 e. The molecule has 11 heteroatoms. The van der Waals surface area contributed by atoms with Crippen molar-refractivity contribution >= 4 is 34.0 Å². The summed E-state index contributed by atoms with van der Waals surface area (Å²) in [7, 11) is -4.25. The minimum atomic E-state index is -4.63. The number of nitrogens with one attached hydrogen (secondary N) is 2. The molecule has 0 aliphatic rings. The van der Waals surface area contributed by atoms with Gasteiger partial charge in [0.2, 0.25) is 15.9 Å². The summed E-state index contributed by atoms with van der Waals surface area (Å²) in [6.45, 7) is -1.28. The zero-order valence-electron chi connectivity index (χ0n) is 11.9. The van der Waals surface area contributed by atoms with Crippen LogP contribution in [0.1, 0.15) is 12.8 Å². The minimum Gasteiger partial charge on any atom is -0.330 e. The highest BCUT2D eigenvalue weighted by Crippen LogP contribution is 2.17. The van der Waals surface area contributed by atoms with Crippen LogP contribution in [0.25, 0.3) is 0 Å². The van der Waals surface area contributed by atoms with Gasteiger partial charge >= 0.3 is 6.18 Å². The standard InChI is InChI=1S/C12H16F3N3O3S.ClH/c13-12(14,15)8-17-22(20,21)10-5-3-9(4-6-10)18-11(19)2-1-7-16;/h3-6,17H,1-2,7-8,16H2,(H,18,19);1H. The number of hydrogen-bond donors (Lipinski definition) is 3. The quantitative estimate of drug-likeness (QED) is 0.674. The van der Waals surface area contributed by atoms with E-state index in [9.17, 15) is 26.4 Å². The molecule has 0 saturated heterocycles. The molecule has 23 heavy (non-hydrogen) atoms. The van der Waals surface area contributed by atoms with Crippen molar-refractivity contribution in [3.8, 4) is 0 Å². The lowest BCUT2D eigenvalue weighted by atomic mass is 10.2. The number of amides is 1. The van der Waals surface area contributed by atoms with E-state index in [2.05, 4.69) is 5.32 Å². The Kier molecular flexibility index (Phi) is 8.53. The van der Waals surface area contributed by atoms with Crippen LogP contribution in [0, 0.1) is 0 Å². The van der Waals surface area contributed by atoms with Gasteiger partial charge in [-0.15, -0.1) is 12.4 Å². The van der Waals surface area contributed by atoms with Gasteiger partial charge in [0, 0.05) is 12.1 Å². The molecule has 0 saturated carbocycles. The normalized spacial score (nSPS) is 11.7. The van der Waals surface area contributed by atoms with Gasteiger partial charge in [-0.05, 0) is 37.2 Å². The molecule has 0 bridgehead atoms. The molecule has 0 unspecified atom stereocenters. The minimum absolute atomic E-state index is 0. The van der Waals surface area contributed by atoms with Gasteiger partial charge in [0.15, 0.2) is 0 Å². The fourth-order valence-corrected chi connectivity index (χ4v) is 2.48. The first kappa shape index (κ1) is 21.6. The number of rotatable bonds is 7. The van der Waals surface area contributed by atoms with E-state index in [-0.39, 0.29) is 29.6 Å². The average molecular weight is 376 g/mol. The first-order valence-corrected chi connectivity index (χ1v) is 7.79. The molecule has 0 fully saturated rings. The summed E-state index contributed by atoms with van der Waals surface area (Å²) in [5, 5.41) is 2.52. The van der Waals surface area contributed by atoms with Gasteiger partial charge in [-0.2, -0.15) is 13.2 Å². The second-order valence-electron chi connectivity index (χ2n) is 4.40. The monoisotopic (exact) mass is 375 g/mol. The molecular weight excluding hydrogens is 359 g/mol. The first-order chi connectivity index (χ1) is 10.1. The lowest BCUT2D eigenvalue weighted by Crippen LogP contribution is -2.33. The maximum absolute atomic E-state index is 12.0. The van der Waals surface area contributed by atoms with Crippen LogP contribution in [-0.2, 0) is 14.8 Å². The predicted molar refractivity (Wildman–Crippen MR) is 81.9 cm³/mol. The van der Waals surface area contributed by atoms with Crippen molar-refractivity contribution in [1.82, 2.24) is 4.72 Å². The van der Waals surface area contributed by atoms with Crippen LogP contribution in [0.5, 0.6) is 0 Å². The third kappa shape index (κ3) is 8.16. The molecule has 0 aliphatic carbocycles. The third-order valence-corrected chi connectivity index (χ3v) is 3.94. The van der Waals surface area contributed by atoms with Crippen molar-refractivity contribution in [1.29, 1.82) is 0 Å². The second-order valence-corrected chi connectivity index (χ2v) is 6.17. The van der Waals surface area contributed by atoms with Crippen LogP contribution in [0.15, 0.2) is 29.2 Å². The number of carbonyl (C=O) groups excluding carboxylic acids is 1. The third-order valence-electron chi connectivity index (χ3n) is 2.52. The van der Waals surface area contributed by atoms with Crippen molar-refractivity contribution in [3.05, 3.63) is 24.3 Å². The average Bonchev–Trinajstić information content (AvgIpc) is 2.43. The highest BCUT2D eigenvalue weighted by atomic mass is 35.5. The topological polar surface area (TPSA) is 101 Å². The molecule has 0 spiro atoms. The molecule has 0 radical (unpaired) electrons. The first-order valence-electron chi connectivity index (χ1n) is 6.30. The second kappa shape index (κ2) is 9.06. The predicted octanol–water partition coefficient (Wildman–Crippen LogP) is 1.63. The summed E-state index contributed by atoms with van der Waals surface area (Å²) in [4.78, 5) is 11.1. The van der Waals surface area contributed by atoms with Crippen molar-refractivity contribution in [2.24, 2.45) is 5.73 Å². The van der Waals surface area contributed by atoms with Crippen LogP contribution in [0.4, 0.5) is 18.9 Å². The summed E-state index contributed by atoms with van der Waals surface area (Å²) < 4.78 is 60.8. The molecule has 1 rings (SSSR count). The summed E-state index contributed by atoms with van der Waals surface area (Å²) in [6.07, 6.45) is -3.90. The Bertz CT molecular complexity index is 606. The number of nitrogens with two attached hydrogens (primary N) is 1. The van der Waals surface area contributed by atoms with Crippen LogP contribution in [-0.4, -0.2) is 33.6 Å². The number of hydrogen-bond acceptors (Lipinski definition) is 4. The molecule has 0 aliphatic heterocycles. The summed E-state index contributed by atoms with van der Waals surface area (Å²) in [6, 6.07) is 4.81. The van der Waals surface area contributed by atoms with E-state index in [1.54, 1.807) is 0 Å². The Morgan fingerprint density at radius 1 is 1.17 bits per heavy atom. The van der Waals surface area contributed by atoms with Gasteiger partial charge in [-0.25, -0.2) is 13.1 Å². The van der Waals surface area contributed by atoms with Crippen molar-refractivity contribution in [3.63, 3.8) is 0 Å². The van der Waals surface area contributed by atoms with Crippen LogP contribution in [0.3, 0.4) is 0 Å². The number of alkyl halides is 3. The van der Waals surface area contributed by atoms with E-state index in [0.717, 1.165) is 12.1 Å². The van der Waals surface area contributed by atoms with E-state index < -0.39 is 22.7 Å². The van der Waals surface area contributed by atoms with E-state index in [1.165, 1.54) is 16.9 Å². The van der Waals surface area contributed by atoms with E-state index >= 15 is 0 Å². The molecule has 0 heterocycles. The summed E-state index contributed by atoms with van der Waals surface area (Å²) in [5.41, 5.74) is 5.61. The zero-order valence-corrected chi connectivity index (χ0v) is 13.5. The van der Waals surface area contributed by atoms with Gasteiger partial charge in [0.05, 0.1) is 4.90 Å². The molecule has 0 atom stereocenters. The lowest BCUT2D eigenvalue weighted by molar-refractivity contribution is -0.121. The Morgan fingerprint density at radius 3 is 2.22 bits per heavy atom. The van der Waals surface area contributed by atoms with E-state index in [4.69, 9.17) is 5.73 Å². The van der Waals surface area contributed by atoms with Gasteiger partial charge in [0.1, 0.15) is 6.54 Å². The molecule has 4 N–H and O–H groups in total. The lowest BCUT2D eigenvalue weighted by Gasteiger charge is -2.10. The van der Waals surface area contributed by atoms with Gasteiger partial charge < -0.3 is 11.1 Å². The number of carbonyl (C=O) groups is 1. The smallest absolute Gasteiger partial charge is 0.330 e. The van der Waals surface area contributed by atoms with Gasteiger partial charge in [-0.1, -0.05) is 0 Å². The Hall–Kier alpha value is -1.36. The van der Waals surface area contributed by atoms with Crippen molar-refractivity contribution in [2.75, 3.05) is 18.4 Å². The highest BCUT2D eigenvalue weighted by Gasteiger charge is 2.29.